The van der Waals surface area contributed by atoms with E-state index in [0.29, 0.717) is 12.1 Å². The zero-order chi connectivity index (χ0) is 15.2. The first-order valence-corrected chi connectivity index (χ1v) is 7.83. The maximum Gasteiger partial charge on any atom is 0.220 e. The van der Waals surface area contributed by atoms with Gasteiger partial charge < -0.3 is 16.2 Å². The Morgan fingerprint density at radius 1 is 1.29 bits per heavy atom. The highest BCUT2D eigenvalue weighted by molar-refractivity contribution is 7.07. The third-order valence-electron chi connectivity index (χ3n) is 3.42. The van der Waals surface area contributed by atoms with Crippen LogP contribution >= 0.6 is 11.3 Å². The van der Waals surface area contributed by atoms with Crippen LogP contribution < -0.4 is 11.1 Å². The molecule has 2 rings (SSSR count). The second-order valence-electron chi connectivity index (χ2n) is 5.15. The number of hydrogen-bond donors (Lipinski definition) is 3. The van der Waals surface area contributed by atoms with Crippen LogP contribution in [0, 0.1) is 0 Å². The minimum absolute atomic E-state index is 0.0615. The van der Waals surface area contributed by atoms with E-state index in [-0.39, 0.29) is 18.4 Å². The molecule has 0 fully saturated rings. The van der Waals surface area contributed by atoms with Crippen molar-refractivity contribution in [2.24, 2.45) is 0 Å². The van der Waals surface area contributed by atoms with Crippen LogP contribution in [0.2, 0.25) is 0 Å². The summed E-state index contributed by atoms with van der Waals surface area (Å²) >= 11 is 1.53. The van der Waals surface area contributed by atoms with E-state index in [4.69, 9.17) is 5.73 Å². The zero-order valence-corrected chi connectivity index (χ0v) is 12.8. The predicted molar refractivity (Wildman–Crippen MR) is 86.2 cm³/mol. The molecule has 0 spiro atoms. The largest absolute Gasteiger partial charge is 0.399 e. The number of nitrogens with two attached hydrogens (primary N) is 1. The summed E-state index contributed by atoms with van der Waals surface area (Å²) in [6, 6.07) is 9.41. The van der Waals surface area contributed by atoms with Crippen LogP contribution in [0.3, 0.4) is 0 Å². The van der Waals surface area contributed by atoms with Crippen molar-refractivity contribution in [3.05, 3.63) is 52.2 Å². The molecule has 4 N–H and O–H groups in total. The van der Waals surface area contributed by atoms with Crippen LogP contribution in [-0.2, 0) is 4.79 Å². The van der Waals surface area contributed by atoms with Crippen molar-refractivity contribution in [1.29, 1.82) is 0 Å². The van der Waals surface area contributed by atoms with Gasteiger partial charge >= 0.3 is 0 Å². The van der Waals surface area contributed by atoms with E-state index in [9.17, 15) is 9.90 Å². The molecular weight excluding hydrogens is 284 g/mol. The fourth-order valence-electron chi connectivity index (χ4n) is 2.09. The van der Waals surface area contributed by atoms with Crippen LogP contribution in [-0.4, -0.2) is 17.6 Å². The molecule has 2 aromatic rings. The summed E-state index contributed by atoms with van der Waals surface area (Å²) in [7, 11) is 0. The molecule has 0 radical (unpaired) electrons. The molecule has 5 heteroatoms. The van der Waals surface area contributed by atoms with Gasteiger partial charge in [0.25, 0.3) is 0 Å². The maximum atomic E-state index is 11.9. The summed E-state index contributed by atoms with van der Waals surface area (Å²) in [6.45, 7) is 2.24. The molecule has 0 saturated carbocycles. The van der Waals surface area contributed by atoms with Gasteiger partial charge in [-0.3, -0.25) is 4.79 Å². The Hall–Kier alpha value is -1.85. The topological polar surface area (TPSA) is 75.3 Å². The van der Waals surface area contributed by atoms with E-state index < -0.39 is 6.10 Å². The number of amides is 1. The molecule has 112 valence electrons. The number of rotatable bonds is 6. The number of hydrogen-bond acceptors (Lipinski definition) is 4. The molecule has 0 saturated heterocycles. The van der Waals surface area contributed by atoms with Gasteiger partial charge in [0, 0.05) is 18.7 Å². The SMILES string of the molecule is CC(CC(=O)NCC(O)c1ccsc1)c1ccc(N)cc1. The van der Waals surface area contributed by atoms with Gasteiger partial charge in [-0.1, -0.05) is 19.1 Å². The fourth-order valence-corrected chi connectivity index (χ4v) is 2.79. The molecule has 21 heavy (non-hydrogen) atoms. The molecule has 0 aliphatic rings. The van der Waals surface area contributed by atoms with E-state index >= 15 is 0 Å². The lowest BCUT2D eigenvalue weighted by Crippen LogP contribution is -2.29. The lowest BCUT2D eigenvalue weighted by Gasteiger charge is -2.14. The molecule has 1 heterocycles. The van der Waals surface area contributed by atoms with E-state index in [1.807, 2.05) is 48.0 Å². The molecular formula is C16H20N2O2S. The Kier molecular flexibility index (Phi) is 5.36. The van der Waals surface area contributed by atoms with Crippen molar-refractivity contribution in [3.63, 3.8) is 0 Å². The second kappa shape index (κ2) is 7.24. The van der Waals surface area contributed by atoms with Gasteiger partial charge in [-0.05, 0) is 46.0 Å². The van der Waals surface area contributed by atoms with Gasteiger partial charge in [0.1, 0.15) is 0 Å². The van der Waals surface area contributed by atoms with Gasteiger partial charge in [0.15, 0.2) is 0 Å². The summed E-state index contributed by atoms with van der Waals surface area (Å²) in [5.41, 5.74) is 8.29. The summed E-state index contributed by atoms with van der Waals surface area (Å²) in [6.07, 6.45) is -0.257. The number of thiophene rings is 1. The molecule has 0 bridgehead atoms. The number of carbonyl (C=O) groups is 1. The van der Waals surface area contributed by atoms with Crippen LogP contribution in [0.4, 0.5) is 5.69 Å². The van der Waals surface area contributed by atoms with Gasteiger partial charge in [0.05, 0.1) is 6.10 Å². The predicted octanol–water partition coefficient (Wildman–Crippen LogP) is 2.67. The molecule has 0 aliphatic heterocycles. The normalized spacial score (nSPS) is 13.6. The number of benzene rings is 1. The highest BCUT2D eigenvalue weighted by Gasteiger charge is 2.13. The van der Waals surface area contributed by atoms with Crippen LogP contribution in [0.1, 0.15) is 36.5 Å². The Morgan fingerprint density at radius 3 is 2.62 bits per heavy atom. The monoisotopic (exact) mass is 304 g/mol. The molecule has 0 aliphatic carbocycles. The zero-order valence-electron chi connectivity index (χ0n) is 12.0. The van der Waals surface area contributed by atoms with Crippen molar-refractivity contribution in [3.8, 4) is 0 Å². The maximum absolute atomic E-state index is 11.9. The number of nitrogens with one attached hydrogen (secondary N) is 1. The number of aliphatic hydroxyl groups is 1. The Bertz CT molecular complexity index is 566. The number of anilines is 1. The number of nitrogen functional groups attached to an aromatic ring is 1. The number of aliphatic hydroxyl groups excluding tert-OH is 1. The molecule has 4 nitrogen and oxygen atoms in total. The second-order valence-corrected chi connectivity index (χ2v) is 5.93. The Labute approximate surface area is 128 Å². The van der Waals surface area contributed by atoms with Gasteiger partial charge in [-0.15, -0.1) is 0 Å². The average molecular weight is 304 g/mol. The highest BCUT2D eigenvalue weighted by Crippen LogP contribution is 2.20. The summed E-state index contributed by atoms with van der Waals surface area (Å²) < 4.78 is 0. The first-order chi connectivity index (χ1) is 10.1. The first-order valence-electron chi connectivity index (χ1n) is 6.88. The van der Waals surface area contributed by atoms with Gasteiger partial charge in [-0.25, -0.2) is 0 Å². The summed E-state index contributed by atoms with van der Waals surface area (Å²) in [5.74, 6) is 0.0532. The lowest BCUT2D eigenvalue weighted by molar-refractivity contribution is -0.121. The third kappa shape index (κ3) is 4.58. The molecule has 2 atom stereocenters. The first kappa shape index (κ1) is 15.5. The van der Waals surface area contributed by atoms with Crippen molar-refractivity contribution in [1.82, 2.24) is 5.32 Å². The standard InChI is InChI=1S/C16H20N2O2S/c1-11(12-2-4-14(17)5-3-12)8-16(20)18-9-15(19)13-6-7-21-10-13/h2-7,10-11,15,19H,8-9,17H2,1H3,(H,18,20). The lowest BCUT2D eigenvalue weighted by atomic mass is 9.97. The molecule has 1 amide bonds. The van der Waals surface area contributed by atoms with Gasteiger partial charge in [0.2, 0.25) is 5.91 Å². The van der Waals surface area contributed by atoms with E-state index in [2.05, 4.69) is 5.32 Å². The third-order valence-corrected chi connectivity index (χ3v) is 4.12. The van der Waals surface area contributed by atoms with Crippen molar-refractivity contribution < 1.29 is 9.90 Å². The van der Waals surface area contributed by atoms with Crippen LogP contribution in [0.25, 0.3) is 0 Å². The minimum Gasteiger partial charge on any atom is -0.399 e. The average Bonchev–Trinajstić information content (AvgIpc) is 2.99. The highest BCUT2D eigenvalue weighted by atomic mass is 32.1. The fraction of sp³-hybridized carbons (Fsp3) is 0.312. The molecule has 1 aromatic carbocycles. The molecule has 2 unspecified atom stereocenters. The Morgan fingerprint density at radius 2 is 2.00 bits per heavy atom. The van der Waals surface area contributed by atoms with Crippen LogP contribution in [0.5, 0.6) is 0 Å². The van der Waals surface area contributed by atoms with Crippen molar-refractivity contribution in [2.45, 2.75) is 25.4 Å². The quantitative estimate of drug-likeness (QED) is 0.718. The number of carbonyl (C=O) groups excluding carboxylic acids is 1. The minimum atomic E-state index is -0.646. The Balaban J connectivity index is 1.80. The van der Waals surface area contributed by atoms with Crippen LogP contribution in [0.15, 0.2) is 41.1 Å². The summed E-state index contributed by atoms with van der Waals surface area (Å²) in [4.78, 5) is 11.9. The smallest absolute Gasteiger partial charge is 0.220 e. The van der Waals surface area contributed by atoms with Crippen molar-refractivity contribution in [2.75, 3.05) is 12.3 Å². The van der Waals surface area contributed by atoms with Gasteiger partial charge in [-0.2, -0.15) is 11.3 Å². The van der Waals surface area contributed by atoms with E-state index in [0.717, 1.165) is 11.1 Å². The van der Waals surface area contributed by atoms with E-state index in [1.165, 1.54) is 11.3 Å². The molecule has 1 aromatic heterocycles. The van der Waals surface area contributed by atoms with E-state index in [1.54, 1.807) is 0 Å². The summed E-state index contributed by atoms with van der Waals surface area (Å²) in [5, 5.41) is 16.5. The van der Waals surface area contributed by atoms with Crippen molar-refractivity contribution >= 4 is 22.9 Å².